The van der Waals surface area contributed by atoms with Crippen molar-refractivity contribution >= 4 is 23.0 Å². The molecule has 0 fully saturated rings. The molecule has 0 aliphatic carbocycles. The molecule has 1 amide bonds. The van der Waals surface area contributed by atoms with E-state index in [-0.39, 0.29) is 34.1 Å². The fourth-order valence-corrected chi connectivity index (χ4v) is 4.57. The van der Waals surface area contributed by atoms with Gasteiger partial charge >= 0.3 is 0 Å². The predicted molar refractivity (Wildman–Crippen MR) is 130 cm³/mol. The van der Waals surface area contributed by atoms with Crippen LogP contribution in [0.5, 0.6) is 0 Å². The summed E-state index contributed by atoms with van der Waals surface area (Å²) in [6, 6.07) is 2.55. The van der Waals surface area contributed by atoms with Crippen molar-refractivity contribution in [2.45, 2.75) is 67.0 Å². The van der Waals surface area contributed by atoms with Crippen molar-refractivity contribution in [1.29, 1.82) is 0 Å². The van der Waals surface area contributed by atoms with Crippen LogP contribution in [0.2, 0.25) is 0 Å². The molecule has 2 atom stereocenters. The highest BCUT2D eigenvalue weighted by atomic mass is 19.1. The fourth-order valence-electron chi connectivity index (χ4n) is 4.57. The number of halogens is 1. The Kier molecular flexibility index (Phi) is 5.66. The lowest BCUT2D eigenvalue weighted by Gasteiger charge is -2.34. The van der Waals surface area contributed by atoms with Gasteiger partial charge in [-0.05, 0) is 68.4 Å². The highest BCUT2D eigenvalue weighted by Gasteiger charge is 2.37. The molecule has 3 aromatic rings. The Bertz CT molecular complexity index is 1360. The minimum Gasteiger partial charge on any atom is -0.464 e. The largest absolute Gasteiger partial charge is 0.464 e. The summed E-state index contributed by atoms with van der Waals surface area (Å²) < 4.78 is 21.0. The van der Waals surface area contributed by atoms with Crippen LogP contribution in [0, 0.1) is 32.0 Å². The number of benzene rings is 1. The molecule has 1 aromatic heterocycles. The van der Waals surface area contributed by atoms with E-state index in [9.17, 15) is 18.8 Å². The van der Waals surface area contributed by atoms with Crippen LogP contribution in [0.15, 0.2) is 26.1 Å². The van der Waals surface area contributed by atoms with Crippen LogP contribution in [-0.4, -0.2) is 5.91 Å². The van der Waals surface area contributed by atoms with Gasteiger partial charge in [0.1, 0.15) is 28.7 Å². The number of hydrogen-bond acceptors (Lipinski definition) is 6. The molecule has 0 saturated heterocycles. The summed E-state index contributed by atoms with van der Waals surface area (Å²) in [5, 5.41) is 8.76. The fraction of sp³-hybridized carbons (Fsp3) is 0.423. The molecule has 2 aromatic carbocycles. The molecule has 0 radical (unpaired) electrons. The molecule has 4 rings (SSSR count). The summed E-state index contributed by atoms with van der Waals surface area (Å²) >= 11 is 0. The lowest BCUT2D eigenvalue weighted by molar-refractivity contribution is 0.0959. The molecule has 3 N–H and O–H groups in total. The molecule has 8 heteroatoms. The molecule has 1 aliphatic rings. The number of carbonyl (C=O) groups excluding carboxylic acids is 1. The van der Waals surface area contributed by atoms with Gasteiger partial charge in [-0.15, -0.1) is 0 Å². The van der Waals surface area contributed by atoms with Gasteiger partial charge in [0.25, 0.3) is 16.8 Å². The summed E-state index contributed by atoms with van der Waals surface area (Å²) in [5.74, 6) is 0.334. The van der Waals surface area contributed by atoms with Crippen molar-refractivity contribution < 1.29 is 13.6 Å². The van der Waals surface area contributed by atoms with Crippen molar-refractivity contribution in [1.82, 2.24) is 5.32 Å². The Morgan fingerprint density at radius 2 is 1.71 bits per heavy atom. The second-order valence-corrected chi connectivity index (χ2v) is 9.87. The van der Waals surface area contributed by atoms with Crippen molar-refractivity contribution in [2.75, 3.05) is 10.6 Å². The number of rotatable bonds is 7. The van der Waals surface area contributed by atoms with Crippen molar-refractivity contribution in [3.63, 3.8) is 0 Å². The Balaban J connectivity index is 1.77. The summed E-state index contributed by atoms with van der Waals surface area (Å²) in [4.78, 5) is 37.7. The number of anilines is 3. The zero-order valence-corrected chi connectivity index (χ0v) is 20.5. The first-order valence-corrected chi connectivity index (χ1v) is 11.4. The maximum Gasteiger partial charge on any atom is 0.254 e. The van der Waals surface area contributed by atoms with Crippen LogP contribution in [0.25, 0.3) is 0 Å². The number of nitrogens with one attached hydrogen (secondary N) is 3. The molecule has 0 bridgehead atoms. The molecule has 2 heterocycles. The third kappa shape index (κ3) is 3.61. The lowest BCUT2D eigenvalue weighted by Crippen LogP contribution is -2.40. The number of fused-ring (bicyclic) bond motifs is 1. The summed E-state index contributed by atoms with van der Waals surface area (Å²) in [6.45, 7) is 13.5. The second-order valence-electron chi connectivity index (χ2n) is 9.87. The second kappa shape index (κ2) is 8.11. The van der Waals surface area contributed by atoms with Crippen LogP contribution >= 0.6 is 0 Å². The maximum absolute atomic E-state index is 15.0. The number of furan rings is 1. The number of aryl methyl sites for hydroxylation is 3. The monoisotopic (exact) mass is 467 g/mol. The zero-order chi connectivity index (χ0) is 25.1. The van der Waals surface area contributed by atoms with Crippen LogP contribution < -0.4 is 26.8 Å². The topological polar surface area (TPSA) is 100 Å². The van der Waals surface area contributed by atoms with Gasteiger partial charge in [0.15, 0.2) is 0 Å². The van der Waals surface area contributed by atoms with Crippen molar-refractivity contribution in [3.05, 3.63) is 72.2 Å². The first-order valence-electron chi connectivity index (χ1n) is 11.4. The molecule has 1 aliphatic heterocycles. The third-order valence-corrected chi connectivity index (χ3v) is 7.15. The molecule has 0 spiro atoms. The Morgan fingerprint density at radius 1 is 1.06 bits per heavy atom. The zero-order valence-electron chi connectivity index (χ0n) is 20.5. The van der Waals surface area contributed by atoms with Crippen LogP contribution in [0.1, 0.15) is 84.8 Å². The van der Waals surface area contributed by atoms with Crippen LogP contribution in [-0.2, 0) is 0 Å². The van der Waals surface area contributed by atoms with Gasteiger partial charge in [-0.1, -0.05) is 20.8 Å². The quantitative estimate of drug-likeness (QED) is 0.419. The maximum atomic E-state index is 15.0. The van der Waals surface area contributed by atoms with Gasteiger partial charge in [-0.3, -0.25) is 14.4 Å². The van der Waals surface area contributed by atoms with Gasteiger partial charge in [0.2, 0.25) is 0 Å². The van der Waals surface area contributed by atoms with Gasteiger partial charge in [0, 0.05) is 0 Å². The summed E-state index contributed by atoms with van der Waals surface area (Å²) in [5.41, 5.74) is 0.565. The first-order chi connectivity index (χ1) is 15.9. The molecule has 0 saturated carbocycles. The SMILES string of the molecule is CCC(C)(C)C(Nc1c(Nc2c(F)cc(C)c3c2C(=O)NC3C)c(=O)c1=O)c1cc(C)c(C)o1. The van der Waals surface area contributed by atoms with E-state index in [4.69, 9.17) is 4.42 Å². The minimum atomic E-state index is -0.762. The van der Waals surface area contributed by atoms with E-state index in [1.54, 1.807) is 6.92 Å². The Hall–Kier alpha value is -3.42. The molecule has 2 unspecified atom stereocenters. The molecular formula is C26H30FN3O4. The average molecular weight is 468 g/mol. The molecule has 34 heavy (non-hydrogen) atoms. The third-order valence-electron chi connectivity index (χ3n) is 7.15. The van der Waals surface area contributed by atoms with Crippen LogP contribution in [0.4, 0.5) is 21.5 Å². The van der Waals surface area contributed by atoms with Crippen LogP contribution in [0.3, 0.4) is 0 Å². The number of hydrogen-bond donors (Lipinski definition) is 3. The van der Waals surface area contributed by atoms with Gasteiger partial charge in [-0.25, -0.2) is 4.39 Å². The predicted octanol–water partition coefficient (Wildman–Crippen LogP) is 5.08. The van der Waals surface area contributed by atoms with Crippen molar-refractivity contribution in [2.24, 2.45) is 5.41 Å². The lowest BCUT2D eigenvalue weighted by atomic mass is 9.80. The smallest absolute Gasteiger partial charge is 0.254 e. The highest BCUT2D eigenvalue weighted by molar-refractivity contribution is 6.05. The van der Waals surface area contributed by atoms with E-state index in [2.05, 4.69) is 16.0 Å². The van der Waals surface area contributed by atoms with Gasteiger partial charge in [0.05, 0.1) is 23.3 Å². The van der Waals surface area contributed by atoms with E-state index < -0.39 is 28.6 Å². The summed E-state index contributed by atoms with van der Waals surface area (Å²) in [6.07, 6.45) is 0.764. The standard InChI is InChI=1S/C26H30FN3O4/c1-8-26(6,7)24(16-10-11(2)14(5)34-16)30-21-20(22(31)23(21)32)29-19-15(27)9-12(3)17-13(4)28-25(33)18(17)19/h9-10,13,24,29-30H,8H2,1-7H3,(H,28,33). The Morgan fingerprint density at radius 3 is 2.29 bits per heavy atom. The molecular weight excluding hydrogens is 437 g/mol. The number of amides is 1. The highest BCUT2D eigenvalue weighted by Crippen LogP contribution is 2.42. The van der Waals surface area contributed by atoms with Crippen molar-refractivity contribution in [3.8, 4) is 0 Å². The summed E-state index contributed by atoms with van der Waals surface area (Å²) in [7, 11) is 0. The normalized spacial score (nSPS) is 16.5. The molecule has 7 nitrogen and oxygen atoms in total. The average Bonchev–Trinajstić information content (AvgIpc) is 3.26. The van der Waals surface area contributed by atoms with E-state index >= 15 is 0 Å². The first kappa shape index (κ1) is 23.7. The van der Waals surface area contributed by atoms with E-state index in [1.807, 2.05) is 47.6 Å². The molecule has 180 valence electrons. The van der Waals surface area contributed by atoms with E-state index in [0.29, 0.717) is 16.9 Å². The Labute approximate surface area is 197 Å². The van der Waals surface area contributed by atoms with Gasteiger partial charge < -0.3 is 20.4 Å². The van der Waals surface area contributed by atoms with Gasteiger partial charge in [-0.2, -0.15) is 0 Å². The minimum absolute atomic E-state index is 0.0563. The van der Waals surface area contributed by atoms with E-state index in [0.717, 1.165) is 17.7 Å². The van der Waals surface area contributed by atoms with E-state index in [1.165, 1.54) is 6.07 Å². The number of carbonyl (C=O) groups is 1.